The van der Waals surface area contributed by atoms with E-state index in [4.69, 9.17) is 15.6 Å². The minimum absolute atomic E-state index is 0.0331. The van der Waals surface area contributed by atoms with Gasteiger partial charge in [-0.2, -0.15) is 13.2 Å². The Morgan fingerprint density at radius 1 is 1.08 bits per heavy atom. The molecule has 4 rings (SSSR count). The van der Waals surface area contributed by atoms with Gasteiger partial charge in [0.15, 0.2) is 0 Å². The highest BCUT2D eigenvalue weighted by Gasteiger charge is 2.34. The van der Waals surface area contributed by atoms with Crippen molar-refractivity contribution in [1.29, 1.82) is 0 Å². The lowest BCUT2D eigenvalue weighted by molar-refractivity contribution is -0.140. The second kappa shape index (κ2) is 10.7. The molecular weight excluding hydrogens is 503 g/mol. The summed E-state index contributed by atoms with van der Waals surface area (Å²) in [7, 11) is 0. The van der Waals surface area contributed by atoms with Crippen molar-refractivity contribution in [3.8, 4) is 17.0 Å². The maximum atomic E-state index is 14.0. The largest absolute Gasteiger partial charge is 0.489 e. The van der Waals surface area contributed by atoms with Crippen LogP contribution in [-0.4, -0.2) is 21.0 Å². The van der Waals surface area contributed by atoms with Crippen LogP contribution in [0.5, 0.6) is 5.75 Å². The minimum Gasteiger partial charge on any atom is -0.489 e. The lowest BCUT2D eigenvalue weighted by Gasteiger charge is -2.19. The van der Waals surface area contributed by atoms with Gasteiger partial charge in [0.2, 0.25) is 0 Å². The van der Waals surface area contributed by atoms with Crippen molar-refractivity contribution < 1.29 is 27.8 Å². The number of nitrogens with one attached hydrogen (secondary N) is 1. The second-order valence-electron chi connectivity index (χ2n) is 8.69. The third-order valence-electron chi connectivity index (χ3n) is 5.51. The normalized spacial score (nSPS) is 13.2. The number of ether oxygens (including phenoxy) is 1. The van der Waals surface area contributed by atoms with Crippen LogP contribution in [0.4, 0.5) is 13.2 Å². The molecule has 0 aliphatic heterocycles. The standard InChI is InChI=1S/C27H24F3N3O3S/c1-26(31,14-24(34)35)25-32-15-22(33-25)18-10-11-23(21(12-18)27(28,29)30)37-20-9-5-8-19(13-20)36-16-17-6-3-2-4-7-17/h2-13,15H,14,16,31H2,1H3,(H,32,33)(H,34,35)/t26-/m0/s1. The van der Waals surface area contributed by atoms with Crippen molar-refractivity contribution in [3.63, 3.8) is 0 Å². The number of nitrogens with zero attached hydrogens (tertiary/aromatic N) is 1. The fourth-order valence-corrected chi connectivity index (χ4v) is 4.66. The lowest BCUT2D eigenvalue weighted by Crippen LogP contribution is -2.36. The van der Waals surface area contributed by atoms with Crippen LogP contribution in [-0.2, 0) is 23.1 Å². The van der Waals surface area contributed by atoms with Gasteiger partial charge >= 0.3 is 12.1 Å². The molecule has 3 aromatic carbocycles. The summed E-state index contributed by atoms with van der Waals surface area (Å²) in [5.41, 5.74) is 5.46. The van der Waals surface area contributed by atoms with E-state index in [0.717, 1.165) is 23.4 Å². The summed E-state index contributed by atoms with van der Waals surface area (Å²) in [6.45, 7) is 1.83. The van der Waals surface area contributed by atoms with Gasteiger partial charge in [-0.25, -0.2) is 4.98 Å². The maximum Gasteiger partial charge on any atom is 0.417 e. The molecule has 0 spiro atoms. The van der Waals surface area contributed by atoms with Gasteiger partial charge in [-0.05, 0) is 42.8 Å². The van der Waals surface area contributed by atoms with Gasteiger partial charge in [-0.3, -0.25) is 4.79 Å². The number of imidazole rings is 1. The van der Waals surface area contributed by atoms with Gasteiger partial charge in [-0.15, -0.1) is 0 Å². The molecule has 0 unspecified atom stereocenters. The Morgan fingerprint density at radius 3 is 2.54 bits per heavy atom. The molecule has 0 saturated heterocycles. The maximum absolute atomic E-state index is 14.0. The Hall–Kier alpha value is -3.76. The smallest absolute Gasteiger partial charge is 0.417 e. The molecule has 0 aliphatic carbocycles. The number of carboxylic acids is 1. The van der Waals surface area contributed by atoms with E-state index in [1.807, 2.05) is 30.3 Å². The lowest BCUT2D eigenvalue weighted by atomic mass is 9.99. The molecule has 0 fully saturated rings. The van der Waals surface area contributed by atoms with Crippen LogP contribution < -0.4 is 10.5 Å². The topological polar surface area (TPSA) is 101 Å². The summed E-state index contributed by atoms with van der Waals surface area (Å²) >= 11 is 0.986. The number of aromatic amines is 1. The van der Waals surface area contributed by atoms with Crippen molar-refractivity contribution in [2.75, 3.05) is 0 Å². The molecule has 37 heavy (non-hydrogen) atoms. The zero-order valence-electron chi connectivity index (χ0n) is 19.8. The Labute approximate surface area is 215 Å². The first-order valence-electron chi connectivity index (χ1n) is 11.2. The SMILES string of the molecule is C[C@](N)(CC(=O)O)c1ncc(-c2ccc(Sc3cccc(OCc4ccccc4)c3)c(C(F)(F)F)c2)[nH]1. The third-order valence-corrected chi connectivity index (χ3v) is 6.58. The van der Waals surface area contributed by atoms with Gasteiger partial charge in [0.25, 0.3) is 0 Å². The number of H-pyrrole nitrogens is 1. The monoisotopic (exact) mass is 527 g/mol. The van der Waals surface area contributed by atoms with Crippen molar-refractivity contribution in [1.82, 2.24) is 9.97 Å². The third kappa shape index (κ3) is 6.72. The first-order chi connectivity index (χ1) is 17.5. The summed E-state index contributed by atoms with van der Waals surface area (Å²) < 4.78 is 47.9. The Kier molecular flexibility index (Phi) is 7.60. The number of nitrogens with two attached hydrogens (primary N) is 1. The van der Waals surface area contributed by atoms with Gasteiger partial charge < -0.3 is 20.6 Å². The van der Waals surface area contributed by atoms with Gasteiger partial charge in [-0.1, -0.05) is 54.2 Å². The molecule has 1 aromatic heterocycles. The van der Waals surface area contributed by atoms with Crippen LogP contribution in [0.25, 0.3) is 11.3 Å². The van der Waals surface area contributed by atoms with Gasteiger partial charge in [0.05, 0.1) is 29.4 Å². The number of aliphatic carboxylic acids is 1. The molecule has 1 heterocycles. The molecule has 0 aliphatic rings. The average molecular weight is 528 g/mol. The van der Waals surface area contributed by atoms with Crippen LogP contribution >= 0.6 is 11.8 Å². The molecule has 4 N–H and O–H groups in total. The summed E-state index contributed by atoms with van der Waals surface area (Å²) in [4.78, 5) is 18.7. The van der Waals surface area contributed by atoms with Gasteiger partial charge in [0, 0.05) is 15.4 Å². The van der Waals surface area contributed by atoms with Crippen molar-refractivity contribution in [2.24, 2.45) is 5.73 Å². The molecule has 0 amide bonds. The number of aromatic nitrogens is 2. The number of rotatable bonds is 9. The van der Waals surface area contributed by atoms with Crippen LogP contribution in [0.3, 0.4) is 0 Å². The number of alkyl halides is 3. The highest BCUT2D eigenvalue weighted by Crippen LogP contribution is 2.42. The highest BCUT2D eigenvalue weighted by molar-refractivity contribution is 7.99. The molecule has 6 nitrogen and oxygen atoms in total. The van der Waals surface area contributed by atoms with E-state index in [1.165, 1.54) is 19.2 Å². The zero-order valence-corrected chi connectivity index (χ0v) is 20.6. The van der Waals surface area contributed by atoms with Crippen molar-refractivity contribution >= 4 is 17.7 Å². The first kappa shape index (κ1) is 26.3. The average Bonchev–Trinajstić information content (AvgIpc) is 3.34. The molecule has 0 saturated carbocycles. The Balaban J connectivity index is 1.57. The molecular formula is C27H24F3N3O3S. The Morgan fingerprint density at radius 2 is 1.84 bits per heavy atom. The fourth-order valence-electron chi connectivity index (χ4n) is 3.66. The number of carboxylic acid groups (broad SMARTS) is 1. The highest BCUT2D eigenvalue weighted by atomic mass is 32.2. The predicted molar refractivity (Wildman–Crippen MR) is 134 cm³/mol. The molecule has 0 radical (unpaired) electrons. The van der Waals surface area contributed by atoms with E-state index in [-0.39, 0.29) is 16.3 Å². The van der Waals surface area contributed by atoms with E-state index in [0.29, 0.717) is 22.9 Å². The second-order valence-corrected chi connectivity index (χ2v) is 9.81. The molecule has 10 heteroatoms. The summed E-state index contributed by atoms with van der Waals surface area (Å²) in [6.07, 6.45) is -3.65. The molecule has 4 aromatic rings. The number of benzene rings is 3. The molecule has 1 atom stereocenters. The van der Waals surface area contributed by atoms with Crippen LogP contribution in [0, 0.1) is 0 Å². The number of hydrogen-bond acceptors (Lipinski definition) is 5. The minimum atomic E-state index is -4.60. The van der Waals surface area contributed by atoms with E-state index < -0.39 is 29.7 Å². The summed E-state index contributed by atoms with van der Waals surface area (Å²) in [6, 6.07) is 20.5. The van der Waals surface area contributed by atoms with Crippen molar-refractivity contribution in [2.45, 2.75) is 41.5 Å². The van der Waals surface area contributed by atoms with E-state index in [1.54, 1.807) is 30.3 Å². The molecule has 0 bridgehead atoms. The quantitative estimate of drug-likeness (QED) is 0.231. The van der Waals surface area contributed by atoms with Crippen LogP contribution in [0.15, 0.2) is 88.8 Å². The first-order valence-corrected chi connectivity index (χ1v) is 12.1. The number of carbonyl (C=O) groups is 1. The molecule has 192 valence electrons. The van der Waals surface area contributed by atoms with Crippen LogP contribution in [0.2, 0.25) is 0 Å². The number of halogens is 3. The fraction of sp³-hybridized carbons (Fsp3) is 0.185. The summed E-state index contributed by atoms with van der Waals surface area (Å²) in [5.74, 6) is -0.391. The zero-order chi connectivity index (χ0) is 26.6. The van der Waals surface area contributed by atoms with Gasteiger partial charge in [0.1, 0.15) is 18.2 Å². The van der Waals surface area contributed by atoms with E-state index >= 15 is 0 Å². The van der Waals surface area contributed by atoms with Crippen molar-refractivity contribution in [3.05, 3.63) is 95.9 Å². The predicted octanol–water partition coefficient (Wildman–Crippen LogP) is 6.47. The Bertz CT molecular complexity index is 1390. The van der Waals surface area contributed by atoms with Crippen LogP contribution in [0.1, 0.15) is 30.3 Å². The summed E-state index contributed by atoms with van der Waals surface area (Å²) in [5, 5.41) is 9.05. The van der Waals surface area contributed by atoms with E-state index in [9.17, 15) is 18.0 Å². The van der Waals surface area contributed by atoms with E-state index in [2.05, 4.69) is 9.97 Å². The number of hydrogen-bond donors (Lipinski definition) is 3.